The number of aromatic amines is 4. The molecule has 13 aromatic rings. The highest BCUT2D eigenvalue weighted by atomic mass is 19.4. The zero-order valence-electron chi connectivity index (χ0n) is 65.4. The smallest absolute Gasteiger partial charge is 0.497 e. The number of fused-ring (bicyclic) bond motifs is 4. The number of allylic oxidation sites excluding steroid dienone is 2. The summed E-state index contributed by atoms with van der Waals surface area (Å²) in [6, 6.07) is 36.3. The fourth-order valence-electron chi connectivity index (χ4n) is 16.7. The fourth-order valence-corrected chi connectivity index (χ4v) is 16.7. The summed E-state index contributed by atoms with van der Waals surface area (Å²) in [4.78, 5) is 61.6. The highest BCUT2D eigenvalue weighted by Crippen LogP contribution is 2.45. The van der Waals surface area contributed by atoms with Gasteiger partial charge in [-0.1, -0.05) is 48.2 Å². The van der Waals surface area contributed by atoms with Crippen LogP contribution in [0.2, 0.25) is 0 Å². The number of aryl methyl sites for hydroxylation is 4. The predicted molar refractivity (Wildman–Crippen MR) is 440 cm³/mol. The summed E-state index contributed by atoms with van der Waals surface area (Å²) in [6.07, 6.45) is 19.8. The molecular formula is C90H82F6N18O4. The molecular weight excluding hydrogens is 1510 g/mol. The minimum atomic E-state index is -4.71. The zero-order chi connectivity index (χ0) is 81.5. The van der Waals surface area contributed by atoms with Gasteiger partial charge in [0.25, 0.3) is 0 Å². The highest BCUT2D eigenvalue weighted by molar-refractivity contribution is 5.94. The first-order chi connectivity index (χ1) is 57.1. The van der Waals surface area contributed by atoms with Gasteiger partial charge in [0.2, 0.25) is 0 Å². The van der Waals surface area contributed by atoms with Crippen molar-refractivity contribution >= 4 is 51.8 Å². The monoisotopic (exact) mass is 1590 g/mol. The summed E-state index contributed by atoms with van der Waals surface area (Å²) >= 11 is 0. The molecule has 4 aliphatic heterocycles. The maximum absolute atomic E-state index is 14.0. The normalized spacial score (nSPS) is 15.6. The summed E-state index contributed by atoms with van der Waals surface area (Å²) in [7, 11) is 3.41. The van der Waals surface area contributed by atoms with E-state index in [2.05, 4.69) is 130 Å². The SMILES string of the molecule is C#Cc1ccc(-c2cc3c(N4CCC(c5nc(-c6cccc(OC)c6)c(C(F)(F)F)[nH]5)CC4)ncnc3[nH]2)cc1.C#Cc1ccc(C2=Cc3c(ncnc3N3CCC(c4nc(-c5ccc6c(c5)OCCO6)c(C)[nH]4)CC3)C2)cc1.Cc1nn(C)cc1C1=Cc2c(ncnc2N2CCC(c3nc(-c4ccc(OC(F)(F)F)cc4)c(C)[nH]3)CC2)C1. The molecule has 3 saturated heterocycles. The number of benzene rings is 5. The van der Waals surface area contributed by atoms with E-state index >= 15 is 0 Å². The minimum absolute atomic E-state index is 0.114. The van der Waals surface area contributed by atoms with Crippen LogP contribution in [0.4, 0.5) is 43.8 Å². The van der Waals surface area contributed by atoms with Crippen LogP contribution >= 0.6 is 0 Å². The topological polar surface area (TPSA) is 244 Å². The number of piperidine rings is 3. The Bertz CT molecular complexity index is 6040. The molecule has 0 atom stereocenters. The number of alkyl halides is 6. The number of H-pyrrole nitrogens is 4. The molecule has 0 bridgehead atoms. The van der Waals surface area contributed by atoms with Gasteiger partial charge in [-0.3, -0.25) is 4.68 Å². The first-order valence-electron chi connectivity index (χ1n) is 39.2. The number of rotatable bonds is 14. The predicted octanol–water partition coefficient (Wildman–Crippen LogP) is 17.4. The van der Waals surface area contributed by atoms with Crippen LogP contribution < -0.4 is 33.6 Å². The lowest BCUT2D eigenvalue weighted by molar-refractivity contribution is -0.274. The van der Waals surface area contributed by atoms with E-state index in [0.29, 0.717) is 67.8 Å². The Kier molecular flexibility index (Phi) is 21.1. The molecule has 118 heavy (non-hydrogen) atoms. The molecule has 5 aromatic carbocycles. The van der Waals surface area contributed by atoms with Crippen LogP contribution in [0, 0.1) is 45.5 Å². The van der Waals surface area contributed by atoms with Crippen molar-refractivity contribution in [1.29, 1.82) is 0 Å². The largest absolute Gasteiger partial charge is 0.573 e. The molecule has 19 rings (SSSR count). The first kappa shape index (κ1) is 77.1. The van der Waals surface area contributed by atoms with Gasteiger partial charge in [-0.25, -0.2) is 44.9 Å². The Balaban J connectivity index is 0.000000127. The Hall–Kier alpha value is -13.5. The van der Waals surface area contributed by atoms with Crippen LogP contribution in [0.3, 0.4) is 0 Å². The second-order valence-electron chi connectivity index (χ2n) is 30.2. The minimum Gasteiger partial charge on any atom is -0.497 e. The number of halogens is 6. The molecule has 8 aromatic heterocycles. The van der Waals surface area contributed by atoms with Crippen molar-refractivity contribution in [1.82, 2.24) is 74.6 Å². The average molecular weight is 1590 g/mol. The molecule has 0 unspecified atom stereocenters. The lowest BCUT2D eigenvalue weighted by Crippen LogP contribution is -2.34. The van der Waals surface area contributed by atoms with E-state index in [4.69, 9.17) is 42.0 Å². The fraction of sp³-hybridized carbons (Fsp3) is 0.289. The molecule has 4 N–H and O–H groups in total. The van der Waals surface area contributed by atoms with Crippen molar-refractivity contribution in [3.63, 3.8) is 0 Å². The molecule has 12 heterocycles. The van der Waals surface area contributed by atoms with Gasteiger partial charge in [-0.2, -0.15) is 18.3 Å². The molecule has 22 nitrogen and oxygen atoms in total. The molecule has 0 spiro atoms. The van der Waals surface area contributed by atoms with Crippen LogP contribution in [-0.2, 0) is 26.1 Å². The van der Waals surface area contributed by atoms with Gasteiger partial charge in [0.05, 0.1) is 41.0 Å². The van der Waals surface area contributed by atoms with Crippen molar-refractivity contribution in [3.05, 3.63) is 232 Å². The van der Waals surface area contributed by atoms with E-state index in [1.807, 2.05) is 80.2 Å². The van der Waals surface area contributed by atoms with Crippen molar-refractivity contribution < 1.29 is 45.3 Å². The van der Waals surface area contributed by atoms with Gasteiger partial charge < -0.3 is 53.6 Å². The summed E-state index contributed by atoms with van der Waals surface area (Å²) in [5, 5.41) is 5.37. The van der Waals surface area contributed by atoms with Crippen LogP contribution in [0.15, 0.2) is 147 Å². The number of aromatic nitrogens is 15. The summed E-state index contributed by atoms with van der Waals surface area (Å²) in [5.41, 5.74) is 19.3. The summed E-state index contributed by atoms with van der Waals surface area (Å²) < 4.78 is 102. The third-order valence-electron chi connectivity index (χ3n) is 22.7. The number of ether oxygens (including phenoxy) is 4. The maximum atomic E-state index is 14.0. The number of hydrogen-bond acceptors (Lipinski definition) is 17. The Labute approximate surface area is 676 Å². The van der Waals surface area contributed by atoms with Crippen molar-refractivity contribution in [2.24, 2.45) is 7.05 Å². The number of terminal acetylenes is 2. The van der Waals surface area contributed by atoms with Crippen LogP contribution in [0.5, 0.6) is 23.0 Å². The third kappa shape index (κ3) is 16.2. The quantitative estimate of drug-likeness (QED) is 0.0584. The van der Waals surface area contributed by atoms with Gasteiger partial charge in [-0.15, -0.1) is 26.0 Å². The standard InChI is InChI=1S/C32H29N5O2.C30H25F3N6O.C28H28F3N7O/c1-3-21-4-6-22(7-5-21)25-16-26-27(17-25)33-19-34-32(26)37-12-10-23(11-13-37)31-35-20(2)30(36-31)24-8-9-28-29(18-24)39-15-14-38-28;1-3-18-7-9-19(10-8-18)24-16-23-28(36-24)34-17-35-29(23)39-13-11-20(12-14-39)27-37-25(26(38-27)30(31,32)33)21-5-4-6-22(15-21)40-2;1-16-23(14-37(3)36-16)20-12-22-24(13-20)32-15-33-27(22)38-10-8-19(9-11-38)26-34-17(2)25(35-26)18-4-6-21(7-5-18)39-28(29,30)31/h1,4-9,16,18-19,23H,10-15,17H2,2H3,(H,35,36);1,4-10,15-17,20H,11-14H2,2H3,(H,37,38)(H,34,35,36);4-7,12,14-15,19H,8-11,13H2,1-3H3,(H,34,35). The number of nitrogens with zero attached hydrogens (tertiary/aromatic N) is 14. The number of nitrogens with one attached hydrogen (secondary N) is 4. The third-order valence-corrected chi connectivity index (χ3v) is 22.7. The Morgan fingerprint density at radius 3 is 1.56 bits per heavy atom. The Morgan fingerprint density at radius 2 is 1.00 bits per heavy atom. The van der Waals surface area contributed by atoms with Crippen LogP contribution in [-0.4, -0.2) is 141 Å². The molecule has 598 valence electrons. The van der Waals surface area contributed by atoms with Gasteiger partial charge in [-0.05, 0) is 179 Å². The van der Waals surface area contributed by atoms with Gasteiger partial charge in [0.1, 0.15) is 95.7 Å². The highest BCUT2D eigenvalue weighted by Gasteiger charge is 2.40. The second-order valence-corrected chi connectivity index (χ2v) is 30.2. The van der Waals surface area contributed by atoms with Crippen molar-refractivity contribution in [3.8, 4) is 92.7 Å². The van der Waals surface area contributed by atoms with E-state index in [1.165, 1.54) is 42.3 Å². The average Bonchev–Trinajstić information content (AvgIpc) is 1.62. The van der Waals surface area contributed by atoms with E-state index in [9.17, 15) is 26.3 Å². The second kappa shape index (κ2) is 32.3. The van der Waals surface area contributed by atoms with Crippen LogP contribution in [0.1, 0.15) is 141 Å². The molecule has 0 saturated carbocycles. The molecule has 3 fully saturated rings. The van der Waals surface area contributed by atoms with E-state index in [0.717, 1.165) is 201 Å². The van der Waals surface area contributed by atoms with E-state index in [1.54, 1.807) is 49.1 Å². The van der Waals surface area contributed by atoms with Gasteiger partial charge >= 0.3 is 12.5 Å². The zero-order valence-corrected chi connectivity index (χ0v) is 65.4. The van der Waals surface area contributed by atoms with Crippen LogP contribution in [0.25, 0.3) is 79.4 Å². The number of hydrogen-bond donors (Lipinski definition) is 4. The molecule has 2 aliphatic carbocycles. The first-order valence-corrected chi connectivity index (χ1v) is 39.2. The summed E-state index contributed by atoms with van der Waals surface area (Å²) in [6.45, 7) is 12.0. The molecule has 6 aliphatic rings. The molecule has 28 heteroatoms. The molecule has 0 radical (unpaired) electrons. The summed E-state index contributed by atoms with van der Waals surface area (Å²) in [5.74, 6) is 12.7. The number of imidazole rings is 3. The van der Waals surface area contributed by atoms with E-state index < -0.39 is 18.2 Å². The van der Waals surface area contributed by atoms with Gasteiger partial charge in [0, 0.05) is 145 Å². The van der Waals surface area contributed by atoms with Crippen molar-refractivity contribution in [2.45, 2.75) is 102 Å². The lowest BCUT2D eigenvalue weighted by Gasteiger charge is -2.32. The van der Waals surface area contributed by atoms with Crippen molar-refractivity contribution in [2.75, 3.05) is 74.3 Å². The number of methoxy groups -OCH3 is 1. The van der Waals surface area contributed by atoms with Gasteiger partial charge in [0.15, 0.2) is 11.5 Å². The Morgan fingerprint density at radius 1 is 0.500 bits per heavy atom. The maximum Gasteiger partial charge on any atom is 0.573 e. The molecule has 0 amide bonds. The lowest BCUT2D eigenvalue weighted by atomic mass is 9.96. The number of anilines is 3. The van der Waals surface area contributed by atoms with E-state index in [-0.39, 0.29) is 23.3 Å².